The fourth-order valence-corrected chi connectivity index (χ4v) is 4.01. The first-order valence-corrected chi connectivity index (χ1v) is 9.46. The van der Waals surface area contributed by atoms with Crippen molar-refractivity contribution in [3.63, 3.8) is 0 Å². The van der Waals surface area contributed by atoms with E-state index in [1.807, 2.05) is 0 Å². The van der Waals surface area contributed by atoms with E-state index in [0.29, 0.717) is 21.6 Å². The Balaban J connectivity index is 1.68. The molecule has 1 saturated carbocycles. The van der Waals surface area contributed by atoms with E-state index in [9.17, 15) is 9.90 Å². The topological polar surface area (TPSA) is 62.7 Å². The van der Waals surface area contributed by atoms with Crippen LogP contribution in [0.5, 0.6) is 5.75 Å². The number of amides is 1. The molecule has 2 aromatic heterocycles. The molecule has 25 heavy (non-hydrogen) atoms. The molecule has 3 rings (SSSR count). The van der Waals surface area contributed by atoms with Crippen LogP contribution >= 0.6 is 22.9 Å². The summed E-state index contributed by atoms with van der Waals surface area (Å²) >= 11 is 7.53. The van der Waals surface area contributed by atoms with Crippen molar-refractivity contribution in [2.24, 2.45) is 5.92 Å². The Morgan fingerprint density at radius 3 is 2.88 bits per heavy atom. The maximum atomic E-state index is 12.2. The highest BCUT2D eigenvalue weighted by Crippen LogP contribution is 2.36. The molecule has 0 aromatic carbocycles. The van der Waals surface area contributed by atoms with E-state index < -0.39 is 0 Å². The first-order chi connectivity index (χ1) is 11.9. The van der Waals surface area contributed by atoms with Crippen molar-refractivity contribution in [1.82, 2.24) is 9.88 Å². The summed E-state index contributed by atoms with van der Waals surface area (Å²) in [5, 5.41) is 9.64. The molecule has 2 aromatic rings. The van der Waals surface area contributed by atoms with E-state index in [0.717, 1.165) is 17.0 Å². The van der Waals surface area contributed by atoms with Crippen LogP contribution in [-0.4, -0.2) is 34.7 Å². The van der Waals surface area contributed by atoms with E-state index in [1.54, 1.807) is 37.1 Å². The molecule has 1 N–H and O–H groups in total. The fraction of sp³-hybridized carbons (Fsp3) is 0.444. The molecule has 2 heterocycles. The van der Waals surface area contributed by atoms with Gasteiger partial charge in [0.1, 0.15) is 12.4 Å². The van der Waals surface area contributed by atoms with Crippen LogP contribution in [0.25, 0.3) is 10.6 Å². The first-order valence-electron chi connectivity index (χ1n) is 8.27. The molecule has 0 radical (unpaired) electrons. The summed E-state index contributed by atoms with van der Waals surface area (Å²) in [6.45, 7) is 2.63. The fourth-order valence-electron chi connectivity index (χ4n) is 2.79. The molecule has 7 heteroatoms. The van der Waals surface area contributed by atoms with Crippen molar-refractivity contribution in [2.75, 3.05) is 13.6 Å². The van der Waals surface area contributed by atoms with E-state index >= 15 is 0 Å². The third kappa shape index (κ3) is 4.25. The zero-order valence-electron chi connectivity index (χ0n) is 14.3. The van der Waals surface area contributed by atoms with E-state index in [1.165, 1.54) is 30.6 Å². The van der Waals surface area contributed by atoms with Crippen LogP contribution in [0.4, 0.5) is 4.79 Å². The van der Waals surface area contributed by atoms with Gasteiger partial charge in [-0.2, -0.15) is 0 Å². The minimum absolute atomic E-state index is 0.147. The van der Waals surface area contributed by atoms with Gasteiger partial charge in [-0.15, -0.1) is 11.3 Å². The highest BCUT2D eigenvalue weighted by molar-refractivity contribution is 7.19. The Labute approximate surface area is 156 Å². The van der Waals surface area contributed by atoms with Crippen LogP contribution in [0, 0.1) is 12.8 Å². The van der Waals surface area contributed by atoms with Gasteiger partial charge in [-0.25, -0.2) is 9.78 Å². The molecule has 1 amide bonds. The van der Waals surface area contributed by atoms with Gasteiger partial charge in [0.15, 0.2) is 0 Å². The van der Waals surface area contributed by atoms with Crippen molar-refractivity contribution in [2.45, 2.75) is 32.8 Å². The van der Waals surface area contributed by atoms with Gasteiger partial charge in [0.2, 0.25) is 0 Å². The summed E-state index contributed by atoms with van der Waals surface area (Å²) in [7, 11) is 1.77. The van der Waals surface area contributed by atoms with Gasteiger partial charge in [0, 0.05) is 19.2 Å². The number of hydrogen-bond donors (Lipinski definition) is 1. The van der Waals surface area contributed by atoms with Gasteiger partial charge in [0.25, 0.3) is 0 Å². The van der Waals surface area contributed by atoms with Crippen LogP contribution in [0.3, 0.4) is 0 Å². The summed E-state index contributed by atoms with van der Waals surface area (Å²) in [6.07, 6.45) is 3.31. The molecule has 1 aliphatic rings. The van der Waals surface area contributed by atoms with Gasteiger partial charge < -0.3 is 14.7 Å². The third-order valence-corrected chi connectivity index (χ3v) is 5.82. The predicted molar refractivity (Wildman–Crippen MR) is 99.1 cm³/mol. The number of pyridine rings is 1. The summed E-state index contributed by atoms with van der Waals surface area (Å²) in [5.41, 5.74) is 2.07. The SMILES string of the molecule is Cc1nc(-c2sc(Cl)cc2COC(=O)N(C)CC2CCC2)ccc1O. The highest BCUT2D eigenvalue weighted by Gasteiger charge is 2.22. The number of ether oxygens (including phenoxy) is 1. The number of aromatic nitrogens is 1. The summed E-state index contributed by atoms with van der Waals surface area (Å²) in [6, 6.07) is 5.14. The van der Waals surface area contributed by atoms with E-state index in [4.69, 9.17) is 16.3 Å². The van der Waals surface area contributed by atoms with Crippen molar-refractivity contribution in [3.8, 4) is 16.3 Å². The van der Waals surface area contributed by atoms with Crippen LogP contribution in [0.2, 0.25) is 4.34 Å². The van der Waals surface area contributed by atoms with Crippen LogP contribution in [-0.2, 0) is 11.3 Å². The number of halogens is 1. The van der Waals surface area contributed by atoms with Crippen molar-refractivity contribution < 1.29 is 14.6 Å². The quantitative estimate of drug-likeness (QED) is 0.805. The third-order valence-electron chi connectivity index (χ3n) is 4.49. The van der Waals surface area contributed by atoms with Gasteiger partial charge in [-0.1, -0.05) is 18.0 Å². The normalized spacial score (nSPS) is 14.2. The molecule has 0 saturated heterocycles. The summed E-state index contributed by atoms with van der Waals surface area (Å²) < 4.78 is 6.05. The molecule has 5 nitrogen and oxygen atoms in total. The Hall–Kier alpha value is -1.79. The Morgan fingerprint density at radius 1 is 1.48 bits per heavy atom. The first kappa shape index (κ1) is 18.0. The molecule has 0 bridgehead atoms. The number of thiophene rings is 1. The minimum atomic E-state index is -0.324. The molecular weight excluding hydrogens is 360 g/mol. The molecule has 1 fully saturated rings. The lowest BCUT2D eigenvalue weighted by atomic mass is 9.85. The van der Waals surface area contributed by atoms with Crippen molar-refractivity contribution in [3.05, 3.63) is 33.8 Å². The molecule has 134 valence electrons. The zero-order chi connectivity index (χ0) is 18.0. The molecule has 0 atom stereocenters. The average molecular weight is 381 g/mol. The van der Waals surface area contributed by atoms with Crippen LogP contribution in [0.15, 0.2) is 18.2 Å². The second-order valence-corrected chi connectivity index (χ2v) is 8.12. The molecule has 0 spiro atoms. The smallest absolute Gasteiger partial charge is 0.409 e. The minimum Gasteiger partial charge on any atom is -0.506 e. The lowest BCUT2D eigenvalue weighted by molar-refractivity contribution is 0.0933. The Bertz CT molecular complexity index is 774. The molecular formula is C18H21ClN2O3S. The number of aromatic hydroxyl groups is 1. The standard InChI is InChI=1S/C18H21ClN2O3S/c1-11-15(22)7-6-14(20-11)17-13(8-16(19)25-17)10-24-18(23)21(2)9-12-4-3-5-12/h6-8,12,22H,3-5,9-10H2,1-2H3. The average Bonchev–Trinajstić information content (AvgIpc) is 2.91. The van der Waals surface area contributed by atoms with E-state index in [2.05, 4.69) is 4.98 Å². The van der Waals surface area contributed by atoms with Crippen molar-refractivity contribution >= 4 is 29.0 Å². The van der Waals surface area contributed by atoms with Gasteiger partial charge >= 0.3 is 6.09 Å². The maximum absolute atomic E-state index is 12.2. The number of hydrogen-bond acceptors (Lipinski definition) is 5. The van der Waals surface area contributed by atoms with Crippen molar-refractivity contribution in [1.29, 1.82) is 0 Å². The van der Waals surface area contributed by atoms with Crippen LogP contribution in [0.1, 0.15) is 30.5 Å². The molecule has 1 aliphatic carbocycles. The number of carbonyl (C=O) groups is 1. The van der Waals surface area contributed by atoms with Gasteiger partial charge in [-0.05, 0) is 43.9 Å². The number of carbonyl (C=O) groups excluding carboxylic acids is 1. The maximum Gasteiger partial charge on any atom is 0.409 e. The molecule has 0 unspecified atom stereocenters. The van der Waals surface area contributed by atoms with Gasteiger partial charge in [-0.3, -0.25) is 0 Å². The van der Waals surface area contributed by atoms with E-state index in [-0.39, 0.29) is 18.4 Å². The van der Waals surface area contributed by atoms with Crippen LogP contribution < -0.4 is 0 Å². The predicted octanol–water partition coefficient (Wildman–Crippen LogP) is 4.85. The molecule has 0 aliphatic heterocycles. The second-order valence-electron chi connectivity index (χ2n) is 6.44. The van der Waals surface area contributed by atoms with Gasteiger partial charge in [0.05, 0.1) is 20.6 Å². The monoisotopic (exact) mass is 380 g/mol. The Morgan fingerprint density at radius 2 is 2.24 bits per heavy atom. The number of aryl methyl sites for hydroxylation is 1. The summed E-state index contributed by atoms with van der Waals surface area (Å²) in [5.74, 6) is 0.755. The second kappa shape index (κ2) is 7.62. The highest BCUT2D eigenvalue weighted by atomic mass is 35.5. The summed E-state index contributed by atoms with van der Waals surface area (Å²) in [4.78, 5) is 19.0. The number of nitrogens with zero attached hydrogens (tertiary/aromatic N) is 2. The zero-order valence-corrected chi connectivity index (χ0v) is 15.9. The Kier molecular flexibility index (Phi) is 5.49. The number of rotatable bonds is 5. The lowest BCUT2D eigenvalue weighted by Gasteiger charge is -2.29. The largest absolute Gasteiger partial charge is 0.506 e. The lowest BCUT2D eigenvalue weighted by Crippen LogP contribution is -2.34.